The van der Waals surface area contributed by atoms with E-state index in [-0.39, 0.29) is 11.8 Å². The molecular weight excluding hydrogens is 278 g/mol. The number of rotatable bonds is 3. The molecule has 1 fully saturated rings. The molecule has 1 aliphatic heterocycles. The number of allylic oxidation sites excluding steroid dienone is 2. The van der Waals surface area contributed by atoms with Gasteiger partial charge in [-0.25, -0.2) is 0 Å². The van der Waals surface area contributed by atoms with E-state index >= 15 is 0 Å². The third-order valence-corrected chi connectivity index (χ3v) is 5.00. The molecule has 116 valence electrons. The van der Waals surface area contributed by atoms with Gasteiger partial charge in [0.2, 0.25) is 5.91 Å². The number of hydrogen-bond acceptors (Lipinski definition) is 3. The highest BCUT2D eigenvalue weighted by Crippen LogP contribution is 2.44. The van der Waals surface area contributed by atoms with Crippen LogP contribution in [0, 0.1) is 17.8 Å². The highest BCUT2D eigenvalue weighted by Gasteiger charge is 2.40. The number of fused-ring (bicyclic) bond motifs is 3. The van der Waals surface area contributed by atoms with Crippen LogP contribution in [0.5, 0.6) is 11.5 Å². The molecule has 2 bridgehead atoms. The van der Waals surface area contributed by atoms with Crippen LogP contribution in [0.4, 0.5) is 0 Å². The lowest BCUT2D eigenvalue weighted by Crippen LogP contribution is -2.34. The molecule has 1 aromatic carbocycles. The maximum Gasteiger partial charge on any atom is 0.226 e. The van der Waals surface area contributed by atoms with Gasteiger partial charge in [-0.15, -0.1) is 0 Å². The lowest BCUT2D eigenvalue weighted by molar-refractivity contribution is -0.135. The summed E-state index contributed by atoms with van der Waals surface area (Å²) in [5.41, 5.74) is 1.08. The van der Waals surface area contributed by atoms with Crippen molar-refractivity contribution in [1.82, 2.24) is 4.90 Å². The first-order chi connectivity index (χ1) is 10.7. The highest BCUT2D eigenvalue weighted by atomic mass is 16.6. The molecule has 4 heteroatoms. The lowest BCUT2D eigenvalue weighted by atomic mass is 9.92. The Balaban J connectivity index is 1.44. The van der Waals surface area contributed by atoms with Crippen molar-refractivity contribution < 1.29 is 14.3 Å². The third-order valence-electron chi connectivity index (χ3n) is 5.00. The summed E-state index contributed by atoms with van der Waals surface area (Å²) >= 11 is 0. The molecule has 1 heterocycles. The molecule has 1 saturated carbocycles. The van der Waals surface area contributed by atoms with E-state index in [2.05, 4.69) is 12.2 Å². The summed E-state index contributed by atoms with van der Waals surface area (Å²) < 4.78 is 11.1. The second kappa shape index (κ2) is 5.34. The normalized spacial score (nSPS) is 28.0. The molecule has 2 aliphatic carbocycles. The zero-order chi connectivity index (χ0) is 15.1. The number of carbonyl (C=O) groups is 1. The number of ether oxygens (including phenoxy) is 2. The van der Waals surface area contributed by atoms with Gasteiger partial charge in [-0.05, 0) is 42.4 Å². The van der Waals surface area contributed by atoms with E-state index in [1.165, 1.54) is 0 Å². The van der Waals surface area contributed by atoms with E-state index in [1.54, 1.807) is 0 Å². The Morgan fingerprint density at radius 3 is 2.73 bits per heavy atom. The monoisotopic (exact) mass is 299 g/mol. The fraction of sp³-hybridized carbons (Fsp3) is 0.500. The molecule has 3 aliphatic rings. The van der Waals surface area contributed by atoms with Crippen LogP contribution in [0.3, 0.4) is 0 Å². The van der Waals surface area contributed by atoms with E-state index < -0.39 is 0 Å². The Morgan fingerprint density at radius 2 is 2.00 bits per heavy atom. The first-order valence-corrected chi connectivity index (χ1v) is 8.02. The molecule has 0 saturated heterocycles. The minimum atomic E-state index is 0.178. The minimum absolute atomic E-state index is 0.178. The fourth-order valence-corrected chi connectivity index (χ4v) is 3.89. The van der Waals surface area contributed by atoms with E-state index in [0.29, 0.717) is 31.6 Å². The van der Waals surface area contributed by atoms with Gasteiger partial charge in [-0.1, -0.05) is 18.2 Å². The predicted molar refractivity (Wildman–Crippen MR) is 82.8 cm³/mol. The number of amides is 1. The average Bonchev–Trinajstić information content (AvgIpc) is 3.17. The molecule has 1 aromatic rings. The van der Waals surface area contributed by atoms with E-state index in [0.717, 1.165) is 29.9 Å². The number of nitrogens with zero attached hydrogens (tertiary/aromatic N) is 1. The van der Waals surface area contributed by atoms with Crippen LogP contribution in [0.25, 0.3) is 0 Å². The molecule has 3 unspecified atom stereocenters. The van der Waals surface area contributed by atoms with Gasteiger partial charge < -0.3 is 14.4 Å². The Morgan fingerprint density at radius 1 is 1.18 bits per heavy atom. The Hall–Kier alpha value is -1.97. The Labute approximate surface area is 130 Å². The maximum absolute atomic E-state index is 12.7. The summed E-state index contributed by atoms with van der Waals surface area (Å²) in [5.74, 6) is 3.11. The fourth-order valence-electron chi connectivity index (χ4n) is 3.89. The first-order valence-electron chi connectivity index (χ1n) is 8.02. The van der Waals surface area contributed by atoms with Crippen molar-refractivity contribution in [3.8, 4) is 11.5 Å². The molecule has 22 heavy (non-hydrogen) atoms. The second-order valence-corrected chi connectivity index (χ2v) is 6.56. The quantitative estimate of drug-likeness (QED) is 0.805. The standard InChI is InChI=1S/C18H21NO3/c1-19(18(20)15-9-12-2-4-14(15)8-12)11-13-3-5-16-17(10-13)22-7-6-21-16/h2-5,10,12,14-15H,6-9,11H2,1H3. The second-order valence-electron chi connectivity index (χ2n) is 6.56. The van der Waals surface area contributed by atoms with Crippen molar-refractivity contribution in [2.75, 3.05) is 20.3 Å². The van der Waals surface area contributed by atoms with Crippen molar-refractivity contribution >= 4 is 5.91 Å². The summed E-state index contributed by atoms with van der Waals surface area (Å²) in [4.78, 5) is 14.5. The average molecular weight is 299 g/mol. The van der Waals surface area contributed by atoms with E-state index in [4.69, 9.17) is 9.47 Å². The largest absolute Gasteiger partial charge is 0.486 e. The summed E-state index contributed by atoms with van der Waals surface area (Å²) in [6.07, 6.45) is 6.68. The van der Waals surface area contributed by atoms with Crippen molar-refractivity contribution in [3.63, 3.8) is 0 Å². The summed E-state index contributed by atoms with van der Waals surface area (Å²) in [7, 11) is 1.90. The van der Waals surface area contributed by atoms with Gasteiger partial charge in [0.25, 0.3) is 0 Å². The zero-order valence-electron chi connectivity index (χ0n) is 12.8. The van der Waals surface area contributed by atoms with Gasteiger partial charge in [0.05, 0.1) is 0 Å². The zero-order valence-corrected chi connectivity index (χ0v) is 12.8. The number of carbonyl (C=O) groups excluding carboxylic acids is 1. The number of benzene rings is 1. The Bertz CT molecular complexity index is 625. The van der Waals surface area contributed by atoms with Gasteiger partial charge in [-0.2, -0.15) is 0 Å². The lowest BCUT2D eigenvalue weighted by Gasteiger charge is -2.25. The predicted octanol–water partition coefficient (Wildman–Crippen LogP) is 2.63. The molecule has 0 N–H and O–H groups in total. The first kappa shape index (κ1) is 13.7. The minimum Gasteiger partial charge on any atom is -0.486 e. The van der Waals surface area contributed by atoms with Gasteiger partial charge >= 0.3 is 0 Å². The van der Waals surface area contributed by atoms with E-state index in [1.807, 2.05) is 30.1 Å². The molecular formula is C18H21NO3. The summed E-state index contributed by atoms with van der Waals surface area (Å²) in [6, 6.07) is 5.93. The van der Waals surface area contributed by atoms with Crippen LogP contribution in [-0.4, -0.2) is 31.1 Å². The molecule has 4 rings (SSSR count). The Kier molecular flexibility index (Phi) is 3.32. The van der Waals surface area contributed by atoms with Crippen LogP contribution in [0.2, 0.25) is 0 Å². The molecule has 3 atom stereocenters. The topological polar surface area (TPSA) is 38.8 Å². The molecule has 4 nitrogen and oxygen atoms in total. The molecule has 1 amide bonds. The number of hydrogen-bond donors (Lipinski definition) is 0. The van der Waals surface area contributed by atoms with E-state index in [9.17, 15) is 4.79 Å². The van der Waals surface area contributed by atoms with Gasteiger partial charge in [-0.3, -0.25) is 4.79 Å². The van der Waals surface area contributed by atoms with Crippen LogP contribution >= 0.6 is 0 Å². The van der Waals surface area contributed by atoms with Crippen molar-refractivity contribution in [1.29, 1.82) is 0 Å². The van der Waals surface area contributed by atoms with Crippen LogP contribution in [0.1, 0.15) is 18.4 Å². The summed E-state index contributed by atoms with van der Waals surface area (Å²) in [5, 5.41) is 0. The van der Waals surface area contributed by atoms with Gasteiger partial charge in [0.15, 0.2) is 11.5 Å². The smallest absolute Gasteiger partial charge is 0.226 e. The molecule has 0 aromatic heterocycles. The molecule has 0 spiro atoms. The van der Waals surface area contributed by atoms with Crippen LogP contribution in [-0.2, 0) is 11.3 Å². The maximum atomic E-state index is 12.7. The van der Waals surface area contributed by atoms with Crippen molar-refractivity contribution in [3.05, 3.63) is 35.9 Å². The van der Waals surface area contributed by atoms with Crippen LogP contribution < -0.4 is 9.47 Å². The highest BCUT2D eigenvalue weighted by molar-refractivity contribution is 5.80. The van der Waals surface area contributed by atoms with Crippen LogP contribution in [0.15, 0.2) is 30.4 Å². The van der Waals surface area contributed by atoms with Crippen molar-refractivity contribution in [2.45, 2.75) is 19.4 Å². The van der Waals surface area contributed by atoms with Gasteiger partial charge in [0.1, 0.15) is 13.2 Å². The summed E-state index contributed by atoms with van der Waals surface area (Å²) in [6.45, 7) is 1.80. The van der Waals surface area contributed by atoms with Crippen molar-refractivity contribution in [2.24, 2.45) is 17.8 Å². The third kappa shape index (κ3) is 2.36. The van der Waals surface area contributed by atoms with Gasteiger partial charge in [0, 0.05) is 19.5 Å². The molecule has 0 radical (unpaired) electrons. The SMILES string of the molecule is CN(Cc1ccc2c(c1)OCCO2)C(=O)C1CC2C=CC1C2.